The first-order chi connectivity index (χ1) is 16.5. The van der Waals surface area contributed by atoms with Crippen molar-refractivity contribution in [1.82, 2.24) is 25.5 Å². The van der Waals surface area contributed by atoms with E-state index in [0.29, 0.717) is 11.6 Å². The van der Waals surface area contributed by atoms with Crippen molar-refractivity contribution in [2.45, 2.75) is 18.4 Å². The van der Waals surface area contributed by atoms with E-state index in [0.717, 1.165) is 27.9 Å². The Morgan fingerprint density at radius 1 is 1.09 bits per heavy atom. The smallest absolute Gasteiger partial charge is 0.270 e. The van der Waals surface area contributed by atoms with E-state index >= 15 is 0 Å². The first-order valence-electron chi connectivity index (χ1n) is 10.6. The predicted molar refractivity (Wildman–Crippen MR) is 125 cm³/mol. The zero-order chi connectivity index (χ0) is 23.5. The molecule has 2 heterocycles. The summed E-state index contributed by atoms with van der Waals surface area (Å²) in [5.74, 6) is -2.19. The topological polar surface area (TPSA) is 95.6 Å². The van der Waals surface area contributed by atoms with Crippen molar-refractivity contribution in [3.05, 3.63) is 84.8 Å². The number of anilines is 2. The fraction of sp³-hybridized carbons (Fsp3) is 0.120. The van der Waals surface area contributed by atoms with Crippen LogP contribution in [0.25, 0.3) is 28.6 Å². The number of benzene rings is 2. The van der Waals surface area contributed by atoms with Crippen LogP contribution in [0.1, 0.15) is 12.0 Å². The molecule has 34 heavy (non-hydrogen) atoms. The zero-order valence-corrected chi connectivity index (χ0v) is 17.9. The van der Waals surface area contributed by atoms with Gasteiger partial charge in [0.15, 0.2) is 5.82 Å². The van der Waals surface area contributed by atoms with Crippen LogP contribution in [0.4, 0.5) is 20.3 Å². The quantitative estimate of drug-likeness (QED) is 0.345. The lowest BCUT2D eigenvalue weighted by Gasteiger charge is -2.08. The van der Waals surface area contributed by atoms with Crippen molar-refractivity contribution in [2.24, 2.45) is 0 Å². The minimum absolute atomic E-state index is 0.307. The van der Waals surface area contributed by atoms with Gasteiger partial charge in [0.1, 0.15) is 5.82 Å². The number of hydrogen-bond acceptors (Lipinski definition) is 5. The molecule has 1 amide bonds. The first kappa shape index (κ1) is 21.4. The van der Waals surface area contributed by atoms with Gasteiger partial charge in [-0.25, -0.2) is 18.7 Å². The SMILES string of the molecule is O=C(/C=C/c1cccc(-c2nccc(Nc3ccc(-c4cn[nH]c4)cc3)n2)c1)NC1CC1(F)F. The molecule has 7 nitrogen and oxygen atoms in total. The average molecular weight is 458 g/mol. The number of hydrogen-bond donors (Lipinski definition) is 3. The third kappa shape index (κ3) is 4.98. The Kier molecular flexibility index (Phi) is 5.59. The molecular weight excluding hydrogens is 438 g/mol. The maximum Gasteiger partial charge on any atom is 0.270 e. The van der Waals surface area contributed by atoms with Crippen LogP contribution >= 0.6 is 0 Å². The van der Waals surface area contributed by atoms with Gasteiger partial charge < -0.3 is 10.6 Å². The number of carbonyl (C=O) groups is 1. The lowest BCUT2D eigenvalue weighted by Crippen LogP contribution is -2.27. The maximum absolute atomic E-state index is 12.9. The lowest BCUT2D eigenvalue weighted by molar-refractivity contribution is -0.117. The van der Waals surface area contributed by atoms with E-state index in [9.17, 15) is 13.6 Å². The van der Waals surface area contributed by atoms with E-state index in [1.54, 1.807) is 24.5 Å². The summed E-state index contributed by atoms with van der Waals surface area (Å²) in [4.78, 5) is 20.8. The van der Waals surface area contributed by atoms with E-state index in [-0.39, 0.29) is 6.42 Å². The van der Waals surface area contributed by atoms with Crippen molar-refractivity contribution in [3.8, 4) is 22.5 Å². The molecule has 1 aliphatic carbocycles. The minimum Gasteiger partial charge on any atom is -0.344 e. The van der Waals surface area contributed by atoms with Gasteiger partial charge >= 0.3 is 0 Å². The molecule has 170 valence electrons. The summed E-state index contributed by atoms with van der Waals surface area (Å²) in [5.41, 5.74) is 4.42. The number of rotatable bonds is 7. The summed E-state index contributed by atoms with van der Waals surface area (Å²) in [5, 5.41) is 12.3. The Hall–Kier alpha value is -4.40. The number of nitrogens with one attached hydrogen (secondary N) is 3. The molecule has 0 bridgehead atoms. The third-order valence-electron chi connectivity index (χ3n) is 5.36. The molecule has 0 spiro atoms. The standard InChI is InChI=1S/C25H20F2N6O/c26-25(27)13-21(25)32-23(34)9-4-16-2-1-3-18(12-16)24-28-11-10-22(33-24)31-20-7-5-17(6-8-20)19-14-29-30-15-19/h1-12,14-15,21H,13H2,(H,29,30)(H,32,34)(H,28,31,33)/b9-4+. The van der Waals surface area contributed by atoms with Crippen molar-refractivity contribution in [1.29, 1.82) is 0 Å². The van der Waals surface area contributed by atoms with Crippen LogP contribution in [0, 0.1) is 0 Å². The molecule has 2 aromatic heterocycles. The van der Waals surface area contributed by atoms with Crippen molar-refractivity contribution < 1.29 is 13.6 Å². The number of halogens is 2. The number of aromatic amines is 1. The largest absolute Gasteiger partial charge is 0.344 e. The van der Waals surface area contributed by atoms with Crippen LogP contribution in [-0.2, 0) is 4.79 Å². The highest BCUT2D eigenvalue weighted by Crippen LogP contribution is 2.41. The lowest BCUT2D eigenvalue weighted by atomic mass is 10.1. The van der Waals surface area contributed by atoms with E-state index in [1.165, 1.54) is 6.08 Å². The van der Waals surface area contributed by atoms with Crippen molar-refractivity contribution >= 4 is 23.5 Å². The normalized spacial score (nSPS) is 16.4. The minimum atomic E-state index is -2.79. The third-order valence-corrected chi connectivity index (χ3v) is 5.36. The molecule has 0 saturated heterocycles. The highest BCUT2D eigenvalue weighted by Gasteiger charge is 2.57. The second-order valence-corrected chi connectivity index (χ2v) is 7.94. The van der Waals surface area contributed by atoms with Gasteiger partial charge in [-0.3, -0.25) is 9.89 Å². The highest BCUT2D eigenvalue weighted by molar-refractivity contribution is 5.92. The molecule has 9 heteroatoms. The van der Waals surface area contributed by atoms with Gasteiger partial charge in [-0.05, 0) is 41.5 Å². The van der Waals surface area contributed by atoms with Gasteiger partial charge in [0.2, 0.25) is 5.91 Å². The van der Waals surface area contributed by atoms with Crippen molar-refractivity contribution in [2.75, 3.05) is 5.32 Å². The summed E-state index contributed by atoms with van der Waals surface area (Å²) in [6.07, 6.45) is 7.78. The van der Waals surface area contributed by atoms with Gasteiger partial charge in [-0.1, -0.05) is 30.3 Å². The number of alkyl halides is 2. The number of amides is 1. The van der Waals surface area contributed by atoms with E-state index in [2.05, 4.69) is 30.8 Å². The van der Waals surface area contributed by atoms with E-state index in [4.69, 9.17) is 0 Å². The van der Waals surface area contributed by atoms with E-state index < -0.39 is 17.9 Å². The average Bonchev–Trinajstić information content (AvgIpc) is 3.20. The Balaban J connectivity index is 1.27. The van der Waals surface area contributed by atoms with Crippen LogP contribution in [0.2, 0.25) is 0 Å². The molecule has 1 fully saturated rings. The van der Waals surface area contributed by atoms with E-state index in [1.807, 2.05) is 54.7 Å². The molecule has 1 atom stereocenters. The summed E-state index contributed by atoms with van der Waals surface area (Å²) in [6.45, 7) is 0. The Labute approximate surface area is 194 Å². The second kappa shape index (κ2) is 8.86. The van der Waals surface area contributed by atoms with Crippen molar-refractivity contribution in [3.63, 3.8) is 0 Å². The number of aromatic nitrogens is 4. The van der Waals surface area contributed by atoms with Crippen LogP contribution in [0.3, 0.4) is 0 Å². The van der Waals surface area contributed by atoms with Crippen LogP contribution in [0.5, 0.6) is 0 Å². The van der Waals surface area contributed by atoms with Crippen LogP contribution < -0.4 is 10.6 Å². The number of nitrogens with zero attached hydrogens (tertiary/aromatic N) is 3. The fourth-order valence-corrected chi connectivity index (χ4v) is 3.41. The highest BCUT2D eigenvalue weighted by atomic mass is 19.3. The summed E-state index contributed by atoms with van der Waals surface area (Å²) < 4.78 is 25.9. The molecule has 5 rings (SSSR count). The zero-order valence-electron chi connectivity index (χ0n) is 17.9. The molecule has 3 N–H and O–H groups in total. The molecule has 4 aromatic rings. The van der Waals surface area contributed by atoms with Gasteiger partial charge in [-0.15, -0.1) is 0 Å². The Morgan fingerprint density at radius 3 is 2.65 bits per heavy atom. The fourth-order valence-electron chi connectivity index (χ4n) is 3.41. The van der Waals surface area contributed by atoms with Gasteiger partial charge in [0.25, 0.3) is 5.92 Å². The Morgan fingerprint density at radius 2 is 1.91 bits per heavy atom. The molecule has 1 unspecified atom stereocenters. The molecule has 0 aliphatic heterocycles. The molecule has 0 radical (unpaired) electrons. The molecule has 2 aromatic carbocycles. The molecular formula is C25H20F2N6O. The summed E-state index contributed by atoms with van der Waals surface area (Å²) >= 11 is 0. The molecule has 1 aliphatic rings. The number of carbonyl (C=O) groups excluding carboxylic acids is 1. The van der Waals surface area contributed by atoms with Gasteiger partial charge in [0.05, 0.1) is 12.2 Å². The maximum atomic E-state index is 12.9. The monoisotopic (exact) mass is 458 g/mol. The Bertz CT molecular complexity index is 1340. The van der Waals surface area contributed by atoms with Gasteiger partial charge in [-0.2, -0.15) is 5.10 Å². The van der Waals surface area contributed by atoms with Gasteiger partial charge in [0, 0.05) is 41.7 Å². The second-order valence-electron chi connectivity index (χ2n) is 7.94. The first-order valence-corrected chi connectivity index (χ1v) is 10.6. The summed E-state index contributed by atoms with van der Waals surface area (Å²) in [7, 11) is 0. The van der Waals surface area contributed by atoms with Crippen LogP contribution in [-0.4, -0.2) is 38.0 Å². The summed E-state index contributed by atoms with van der Waals surface area (Å²) in [6, 6.07) is 15.9. The predicted octanol–water partition coefficient (Wildman–Crippen LogP) is 4.81. The van der Waals surface area contributed by atoms with Crippen LogP contribution in [0.15, 0.2) is 79.3 Å². The molecule has 1 saturated carbocycles. The number of H-pyrrole nitrogens is 1.